The average molecular weight is 282 g/mol. The third-order valence-electron chi connectivity index (χ3n) is 4.24. The van der Waals surface area contributed by atoms with Gasteiger partial charge in [-0.1, -0.05) is 51.9 Å². The molecule has 20 heavy (non-hydrogen) atoms. The zero-order valence-electron chi connectivity index (χ0n) is 12.7. The standard InChI is InChI=1S/C16H29NO3/c1-2-3-4-5-6-9-12-17-15(18)13-10-7-8-11-14(13)16(19)20/h13-14H,2-12H2,1H3,(H,17,18)(H,19,20)/p-1/t13-,14-/m0/s1. The van der Waals surface area contributed by atoms with Crippen molar-refractivity contribution < 1.29 is 14.7 Å². The smallest absolute Gasteiger partial charge is 0.223 e. The lowest BCUT2D eigenvalue weighted by molar-refractivity contribution is -0.314. The predicted molar refractivity (Wildman–Crippen MR) is 76.8 cm³/mol. The molecule has 1 amide bonds. The summed E-state index contributed by atoms with van der Waals surface area (Å²) >= 11 is 0. The van der Waals surface area contributed by atoms with Gasteiger partial charge in [0.15, 0.2) is 0 Å². The van der Waals surface area contributed by atoms with Crippen LogP contribution in [-0.2, 0) is 9.59 Å². The molecule has 4 nitrogen and oxygen atoms in total. The van der Waals surface area contributed by atoms with E-state index >= 15 is 0 Å². The summed E-state index contributed by atoms with van der Waals surface area (Å²) < 4.78 is 0. The number of rotatable bonds is 9. The molecule has 1 rings (SSSR count). The molecule has 0 aromatic heterocycles. The van der Waals surface area contributed by atoms with Crippen LogP contribution in [0.25, 0.3) is 0 Å². The molecule has 0 saturated heterocycles. The van der Waals surface area contributed by atoms with Crippen molar-refractivity contribution in [2.24, 2.45) is 11.8 Å². The molecule has 0 spiro atoms. The summed E-state index contributed by atoms with van der Waals surface area (Å²) in [5, 5.41) is 14.0. The van der Waals surface area contributed by atoms with Gasteiger partial charge in [-0.05, 0) is 19.3 Å². The van der Waals surface area contributed by atoms with Crippen molar-refractivity contribution in [1.29, 1.82) is 0 Å². The molecule has 0 aromatic rings. The fourth-order valence-corrected chi connectivity index (χ4v) is 2.97. The molecule has 1 saturated carbocycles. The van der Waals surface area contributed by atoms with Crippen LogP contribution < -0.4 is 10.4 Å². The van der Waals surface area contributed by atoms with E-state index in [-0.39, 0.29) is 11.8 Å². The Balaban J connectivity index is 2.19. The predicted octanol–water partition coefficient (Wildman–Crippen LogP) is 2.02. The first-order valence-corrected chi connectivity index (χ1v) is 8.15. The van der Waals surface area contributed by atoms with E-state index in [2.05, 4.69) is 12.2 Å². The zero-order chi connectivity index (χ0) is 14.8. The van der Waals surface area contributed by atoms with Crippen LogP contribution in [-0.4, -0.2) is 18.4 Å². The summed E-state index contributed by atoms with van der Waals surface area (Å²) in [6.45, 7) is 2.86. The number of carbonyl (C=O) groups excluding carboxylic acids is 2. The second-order valence-corrected chi connectivity index (χ2v) is 5.88. The lowest BCUT2D eigenvalue weighted by atomic mass is 9.78. The second-order valence-electron chi connectivity index (χ2n) is 5.88. The van der Waals surface area contributed by atoms with Gasteiger partial charge >= 0.3 is 0 Å². The largest absolute Gasteiger partial charge is 0.550 e. The number of hydrogen-bond donors (Lipinski definition) is 1. The maximum atomic E-state index is 12.0. The number of carboxylic acid groups (broad SMARTS) is 1. The van der Waals surface area contributed by atoms with Gasteiger partial charge in [0.2, 0.25) is 5.91 Å². The first-order valence-electron chi connectivity index (χ1n) is 8.15. The lowest BCUT2D eigenvalue weighted by Gasteiger charge is -2.31. The molecule has 1 N–H and O–H groups in total. The Bertz CT molecular complexity index is 304. The van der Waals surface area contributed by atoms with E-state index in [4.69, 9.17) is 0 Å². The monoisotopic (exact) mass is 282 g/mol. The molecule has 1 aliphatic carbocycles. The maximum absolute atomic E-state index is 12.0. The highest BCUT2D eigenvalue weighted by Gasteiger charge is 2.31. The number of amides is 1. The Kier molecular flexibility index (Phi) is 8.31. The zero-order valence-corrected chi connectivity index (χ0v) is 12.7. The fraction of sp³-hybridized carbons (Fsp3) is 0.875. The SMILES string of the molecule is CCCCCCCCNC(=O)[C@H]1CCCC[C@@H]1C(=O)[O-]. The van der Waals surface area contributed by atoms with Crippen molar-refractivity contribution in [1.82, 2.24) is 5.32 Å². The van der Waals surface area contributed by atoms with Crippen LogP contribution in [0.1, 0.15) is 71.1 Å². The van der Waals surface area contributed by atoms with Gasteiger partial charge in [0.05, 0.1) is 0 Å². The van der Waals surface area contributed by atoms with Crippen LogP contribution in [0, 0.1) is 11.8 Å². The van der Waals surface area contributed by atoms with Crippen LogP contribution >= 0.6 is 0 Å². The quantitative estimate of drug-likeness (QED) is 0.658. The highest BCUT2D eigenvalue weighted by molar-refractivity contribution is 5.84. The van der Waals surface area contributed by atoms with Gasteiger partial charge in [-0.3, -0.25) is 4.79 Å². The van der Waals surface area contributed by atoms with Crippen LogP contribution in [0.3, 0.4) is 0 Å². The first kappa shape index (κ1) is 17.0. The minimum absolute atomic E-state index is 0.0903. The Morgan fingerprint density at radius 2 is 1.60 bits per heavy atom. The van der Waals surface area contributed by atoms with Gasteiger partial charge in [0.25, 0.3) is 0 Å². The molecule has 1 aliphatic rings. The summed E-state index contributed by atoms with van der Waals surface area (Å²) in [6.07, 6.45) is 10.2. The molecular formula is C16H28NO3-. The summed E-state index contributed by atoms with van der Waals surface area (Å²) in [5.74, 6) is -2.13. The third-order valence-corrected chi connectivity index (χ3v) is 4.24. The number of aliphatic carboxylic acids is 1. The van der Waals surface area contributed by atoms with Crippen molar-refractivity contribution in [2.75, 3.05) is 6.54 Å². The van der Waals surface area contributed by atoms with E-state index in [0.717, 1.165) is 25.7 Å². The molecule has 0 aromatic carbocycles. The van der Waals surface area contributed by atoms with Crippen LogP contribution in [0.5, 0.6) is 0 Å². The van der Waals surface area contributed by atoms with Gasteiger partial charge in [-0.2, -0.15) is 0 Å². The van der Waals surface area contributed by atoms with E-state index in [0.29, 0.717) is 19.4 Å². The Morgan fingerprint density at radius 1 is 1.00 bits per heavy atom. The topological polar surface area (TPSA) is 69.2 Å². The third kappa shape index (κ3) is 5.93. The normalized spacial score (nSPS) is 22.4. The molecule has 0 aliphatic heterocycles. The minimum Gasteiger partial charge on any atom is -0.550 e. The molecule has 1 fully saturated rings. The van der Waals surface area contributed by atoms with E-state index in [1.54, 1.807) is 0 Å². The lowest BCUT2D eigenvalue weighted by Crippen LogP contribution is -2.44. The van der Waals surface area contributed by atoms with Crippen LogP contribution in [0.4, 0.5) is 0 Å². The second kappa shape index (κ2) is 9.78. The van der Waals surface area contributed by atoms with Crippen molar-refractivity contribution in [3.8, 4) is 0 Å². The molecule has 0 bridgehead atoms. The van der Waals surface area contributed by atoms with E-state index in [1.165, 1.54) is 25.7 Å². The Morgan fingerprint density at radius 3 is 2.25 bits per heavy atom. The van der Waals surface area contributed by atoms with Crippen molar-refractivity contribution >= 4 is 11.9 Å². The Labute approximate surface area is 122 Å². The number of hydrogen-bond acceptors (Lipinski definition) is 3. The van der Waals surface area contributed by atoms with Crippen molar-refractivity contribution in [2.45, 2.75) is 71.1 Å². The minimum atomic E-state index is -1.07. The fourth-order valence-electron chi connectivity index (χ4n) is 2.97. The summed E-state index contributed by atoms with van der Waals surface area (Å²) in [6, 6.07) is 0. The van der Waals surface area contributed by atoms with Gasteiger partial charge in [-0.25, -0.2) is 0 Å². The molecule has 4 heteroatoms. The summed E-state index contributed by atoms with van der Waals surface area (Å²) in [4.78, 5) is 23.1. The molecule has 0 unspecified atom stereocenters. The van der Waals surface area contributed by atoms with Gasteiger partial charge in [0, 0.05) is 24.3 Å². The van der Waals surface area contributed by atoms with Gasteiger partial charge in [-0.15, -0.1) is 0 Å². The number of carboxylic acids is 1. The number of unbranched alkanes of at least 4 members (excludes halogenated alkanes) is 5. The molecule has 116 valence electrons. The van der Waals surface area contributed by atoms with E-state index in [9.17, 15) is 14.7 Å². The van der Waals surface area contributed by atoms with Crippen LogP contribution in [0.15, 0.2) is 0 Å². The van der Waals surface area contributed by atoms with Gasteiger partial charge < -0.3 is 15.2 Å². The highest BCUT2D eigenvalue weighted by atomic mass is 16.4. The summed E-state index contributed by atoms with van der Waals surface area (Å²) in [7, 11) is 0. The molecular weight excluding hydrogens is 254 g/mol. The maximum Gasteiger partial charge on any atom is 0.223 e. The molecule has 0 radical (unpaired) electrons. The highest BCUT2D eigenvalue weighted by Crippen LogP contribution is 2.29. The van der Waals surface area contributed by atoms with Crippen molar-refractivity contribution in [3.63, 3.8) is 0 Å². The molecule has 0 heterocycles. The van der Waals surface area contributed by atoms with E-state index < -0.39 is 11.9 Å². The first-order chi connectivity index (χ1) is 9.66. The van der Waals surface area contributed by atoms with Gasteiger partial charge in [0.1, 0.15) is 0 Å². The summed E-state index contributed by atoms with van der Waals surface area (Å²) in [5.41, 5.74) is 0. The van der Waals surface area contributed by atoms with E-state index in [1.807, 2.05) is 0 Å². The van der Waals surface area contributed by atoms with Crippen molar-refractivity contribution in [3.05, 3.63) is 0 Å². The number of nitrogens with one attached hydrogen (secondary N) is 1. The van der Waals surface area contributed by atoms with Crippen LogP contribution in [0.2, 0.25) is 0 Å². The average Bonchev–Trinajstić information content (AvgIpc) is 2.46. The Hall–Kier alpha value is -1.06. The molecule has 2 atom stereocenters. The number of carbonyl (C=O) groups is 2.